The number of esters is 1. The summed E-state index contributed by atoms with van der Waals surface area (Å²) in [6.07, 6.45) is 2.69. The van der Waals surface area contributed by atoms with Crippen molar-refractivity contribution in [3.63, 3.8) is 0 Å². The summed E-state index contributed by atoms with van der Waals surface area (Å²) in [7, 11) is 0. The molecule has 1 aromatic carbocycles. The van der Waals surface area contributed by atoms with Crippen LogP contribution < -0.4 is 0 Å². The van der Waals surface area contributed by atoms with Gasteiger partial charge in [-0.05, 0) is 18.4 Å². The molecule has 2 atom stereocenters. The number of hydrogen-bond donors (Lipinski definition) is 1. The third-order valence-corrected chi connectivity index (χ3v) is 3.81. The third kappa shape index (κ3) is 4.97. The summed E-state index contributed by atoms with van der Waals surface area (Å²) in [5.41, 5.74) is 0.815. The summed E-state index contributed by atoms with van der Waals surface area (Å²) >= 11 is 0. The summed E-state index contributed by atoms with van der Waals surface area (Å²) in [6, 6.07) is 9.28. The van der Waals surface area contributed by atoms with Crippen LogP contribution in [0.3, 0.4) is 0 Å². The Hall–Kier alpha value is -1.68. The first-order valence-electron chi connectivity index (χ1n) is 7.62. The molecule has 21 heavy (non-hydrogen) atoms. The number of ketones is 1. The highest BCUT2D eigenvalue weighted by Gasteiger charge is 2.24. The first-order valence-corrected chi connectivity index (χ1v) is 7.62. The molecule has 1 aromatic rings. The van der Waals surface area contributed by atoms with Gasteiger partial charge in [-0.15, -0.1) is 0 Å². The predicted octanol–water partition coefficient (Wildman–Crippen LogP) is 2.95. The van der Waals surface area contributed by atoms with Crippen LogP contribution >= 0.6 is 0 Å². The molecule has 4 nitrogen and oxygen atoms in total. The van der Waals surface area contributed by atoms with E-state index < -0.39 is 12.2 Å². The van der Waals surface area contributed by atoms with Gasteiger partial charge in [0, 0.05) is 19.3 Å². The molecule has 0 radical (unpaired) electrons. The van der Waals surface area contributed by atoms with E-state index in [-0.39, 0.29) is 18.2 Å². The summed E-state index contributed by atoms with van der Waals surface area (Å²) in [5.74, 6) is -0.420. The SMILES string of the molecule is O=C1CCCCCCC(=O)[C@H](O)C[C@H](c2ccccc2)O1. The van der Waals surface area contributed by atoms with Crippen LogP contribution in [0, 0.1) is 0 Å². The van der Waals surface area contributed by atoms with Crippen LogP contribution in [0.4, 0.5) is 0 Å². The Morgan fingerprint density at radius 1 is 0.952 bits per heavy atom. The van der Waals surface area contributed by atoms with Gasteiger partial charge in [0.05, 0.1) is 0 Å². The van der Waals surface area contributed by atoms with Crippen LogP contribution in [0.2, 0.25) is 0 Å². The highest BCUT2D eigenvalue weighted by molar-refractivity contribution is 5.82. The van der Waals surface area contributed by atoms with Crippen molar-refractivity contribution in [3.8, 4) is 0 Å². The molecule has 0 saturated carbocycles. The Kier molecular flexibility index (Phi) is 5.93. The van der Waals surface area contributed by atoms with Crippen LogP contribution in [0.15, 0.2) is 30.3 Å². The number of benzene rings is 1. The molecule has 1 aliphatic rings. The fraction of sp³-hybridized carbons (Fsp3) is 0.529. The number of aliphatic hydroxyl groups excluding tert-OH is 1. The third-order valence-electron chi connectivity index (χ3n) is 3.81. The Morgan fingerprint density at radius 2 is 1.62 bits per heavy atom. The largest absolute Gasteiger partial charge is 0.457 e. The monoisotopic (exact) mass is 290 g/mol. The first-order chi connectivity index (χ1) is 10.2. The second-order valence-electron chi connectivity index (χ2n) is 5.52. The number of Topliss-reactive ketones (excluding diaryl/α,β-unsaturated/α-hetero) is 1. The Labute approximate surface area is 125 Å². The van der Waals surface area contributed by atoms with Crippen LogP contribution in [-0.2, 0) is 14.3 Å². The van der Waals surface area contributed by atoms with Crippen LogP contribution in [0.25, 0.3) is 0 Å². The highest BCUT2D eigenvalue weighted by atomic mass is 16.5. The minimum atomic E-state index is -1.07. The smallest absolute Gasteiger partial charge is 0.306 e. The molecule has 114 valence electrons. The van der Waals surface area contributed by atoms with Crippen LogP contribution in [0.1, 0.15) is 56.6 Å². The van der Waals surface area contributed by atoms with E-state index in [0.717, 1.165) is 31.2 Å². The van der Waals surface area contributed by atoms with Gasteiger partial charge in [0.1, 0.15) is 12.2 Å². The lowest BCUT2D eigenvalue weighted by Gasteiger charge is -2.21. The van der Waals surface area contributed by atoms with E-state index in [2.05, 4.69) is 0 Å². The average Bonchev–Trinajstić information content (AvgIpc) is 2.49. The van der Waals surface area contributed by atoms with Gasteiger partial charge in [-0.3, -0.25) is 9.59 Å². The van der Waals surface area contributed by atoms with Crippen molar-refractivity contribution in [1.29, 1.82) is 0 Å². The van der Waals surface area contributed by atoms with Gasteiger partial charge in [0.25, 0.3) is 0 Å². The highest BCUT2D eigenvalue weighted by Crippen LogP contribution is 2.25. The first kappa shape index (κ1) is 15.7. The zero-order valence-electron chi connectivity index (χ0n) is 12.2. The van der Waals surface area contributed by atoms with Crippen molar-refractivity contribution in [2.75, 3.05) is 0 Å². The molecule has 0 amide bonds. The van der Waals surface area contributed by atoms with E-state index in [1.807, 2.05) is 30.3 Å². The minimum Gasteiger partial charge on any atom is -0.457 e. The lowest BCUT2D eigenvalue weighted by atomic mass is 9.97. The zero-order valence-corrected chi connectivity index (χ0v) is 12.2. The minimum absolute atomic E-state index is 0.134. The quantitative estimate of drug-likeness (QED) is 0.808. The molecule has 0 aromatic heterocycles. The number of rotatable bonds is 1. The topological polar surface area (TPSA) is 63.6 Å². The number of aliphatic hydroxyl groups is 1. The Bertz CT molecular complexity index is 469. The molecule has 0 spiro atoms. The predicted molar refractivity (Wildman–Crippen MR) is 78.6 cm³/mol. The number of cyclic esters (lactones) is 1. The van der Waals surface area contributed by atoms with Gasteiger partial charge < -0.3 is 9.84 Å². The molecular formula is C17H22O4. The second-order valence-corrected chi connectivity index (χ2v) is 5.52. The van der Waals surface area contributed by atoms with Gasteiger partial charge in [-0.2, -0.15) is 0 Å². The van der Waals surface area contributed by atoms with E-state index in [9.17, 15) is 14.7 Å². The van der Waals surface area contributed by atoms with Crippen molar-refractivity contribution in [1.82, 2.24) is 0 Å². The fourth-order valence-electron chi connectivity index (χ4n) is 2.56. The normalized spacial score (nSPS) is 25.6. The fourth-order valence-corrected chi connectivity index (χ4v) is 2.56. The van der Waals surface area contributed by atoms with Gasteiger partial charge in [-0.1, -0.05) is 43.2 Å². The molecule has 1 heterocycles. The molecule has 0 unspecified atom stereocenters. The van der Waals surface area contributed by atoms with Crippen molar-refractivity contribution < 1.29 is 19.4 Å². The maximum Gasteiger partial charge on any atom is 0.306 e. The van der Waals surface area contributed by atoms with Crippen molar-refractivity contribution in [2.24, 2.45) is 0 Å². The maximum absolute atomic E-state index is 11.9. The Morgan fingerprint density at radius 3 is 2.33 bits per heavy atom. The molecule has 1 aliphatic heterocycles. The summed E-state index contributed by atoms with van der Waals surface area (Å²) in [6.45, 7) is 0. The average molecular weight is 290 g/mol. The molecule has 0 bridgehead atoms. The summed E-state index contributed by atoms with van der Waals surface area (Å²) in [4.78, 5) is 23.8. The van der Waals surface area contributed by atoms with E-state index in [1.165, 1.54) is 0 Å². The van der Waals surface area contributed by atoms with Crippen molar-refractivity contribution in [2.45, 2.75) is 57.2 Å². The maximum atomic E-state index is 11.9. The Balaban J connectivity index is 2.13. The van der Waals surface area contributed by atoms with Crippen LogP contribution in [0.5, 0.6) is 0 Å². The number of hydrogen-bond acceptors (Lipinski definition) is 4. The molecule has 0 aliphatic carbocycles. The van der Waals surface area contributed by atoms with Crippen molar-refractivity contribution >= 4 is 11.8 Å². The van der Waals surface area contributed by atoms with E-state index in [0.29, 0.717) is 12.8 Å². The van der Waals surface area contributed by atoms with Gasteiger partial charge in [0.2, 0.25) is 0 Å². The standard InChI is InChI=1S/C17H22O4/c18-14-10-6-1-2-7-11-17(20)21-16(12-15(14)19)13-8-4-3-5-9-13/h3-5,8-9,15-16,19H,1-2,6-7,10-12H2/t15-,16-/m1/s1. The molecule has 2 rings (SSSR count). The number of ether oxygens (including phenoxy) is 1. The molecular weight excluding hydrogens is 268 g/mol. The molecule has 1 saturated heterocycles. The number of carbonyl (C=O) groups is 2. The molecule has 4 heteroatoms. The van der Waals surface area contributed by atoms with E-state index >= 15 is 0 Å². The zero-order chi connectivity index (χ0) is 15.1. The van der Waals surface area contributed by atoms with Crippen molar-refractivity contribution in [3.05, 3.63) is 35.9 Å². The lowest BCUT2D eigenvalue weighted by Crippen LogP contribution is -2.25. The summed E-state index contributed by atoms with van der Waals surface area (Å²) in [5, 5.41) is 10.0. The van der Waals surface area contributed by atoms with Gasteiger partial charge in [0.15, 0.2) is 5.78 Å². The molecule has 1 fully saturated rings. The lowest BCUT2D eigenvalue weighted by molar-refractivity contribution is -0.152. The second kappa shape index (κ2) is 7.93. The van der Waals surface area contributed by atoms with Crippen LogP contribution in [-0.4, -0.2) is 23.0 Å². The van der Waals surface area contributed by atoms with E-state index in [4.69, 9.17) is 4.74 Å². The molecule has 1 N–H and O–H groups in total. The summed E-state index contributed by atoms with van der Waals surface area (Å²) < 4.78 is 5.48. The van der Waals surface area contributed by atoms with E-state index in [1.54, 1.807) is 0 Å². The van der Waals surface area contributed by atoms with Gasteiger partial charge >= 0.3 is 5.97 Å². The number of carbonyl (C=O) groups excluding carboxylic acids is 2. The van der Waals surface area contributed by atoms with Gasteiger partial charge in [-0.25, -0.2) is 0 Å².